The van der Waals surface area contributed by atoms with Crippen molar-refractivity contribution < 1.29 is 8.42 Å². The fourth-order valence-corrected chi connectivity index (χ4v) is 5.15. The Morgan fingerprint density at radius 3 is 2.75 bits per heavy atom. The molecule has 90 valence electrons. The molecule has 16 heavy (non-hydrogen) atoms. The van der Waals surface area contributed by atoms with Crippen LogP contribution in [0.5, 0.6) is 0 Å². The van der Waals surface area contributed by atoms with Gasteiger partial charge in [-0.3, -0.25) is 0 Å². The number of hydrogen-bond donors (Lipinski definition) is 1. The topological polar surface area (TPSA) is 60.2 Å². The summed E-state index contributed by atoms with van der Waals surface area (Å²) in [6, 6.07) is 1.76. The Kier molecular flexibility index (Phi) is 3.32. The van der Waals surface area contributed by atoms with Crippen LogP contribution in [0.3, 0.4) is 0 Å². The fraction of sp³-hybridized carbons (Fsp3) is 0.600. The minimum atomic E-state index is -2.86. The van der Waals surface area contributed by atoms with Gasteiger partial charge in [-0.1, -0.05) is 11.6 Å². The molecule has 0 bridgehead atoms. The van der Waals surface area contributed by atoms with Crippen molar-refractivity contribution in [1.29, 1.82) is 0 Å². The van der Waals surface area contributed by atoms with Crippen molar-refractivity contribution in [1.82, 2.24) is 0 Å². The summed E-state index contributed by atoms with van der Waals surface area (Å²) in [6.45, 7) is 1.93. The monoisotopic (exact) mass is 279 g/mol. The predicted octanol–water partition coefficient (Wildman–Crippen LogP) is 2.14. The van der Waals surface area contributed by atoms with E-state index in [9.17, 15) is 8.42 Å². The van der Waals surface area contributed by atoms with Gasteiger partial charge in [0.15, 0.2) is 9.84 Å². The molecule has 1 aromatic rings. The molecule has 0 saturated carbocycles. The smallest absolute Gasteiger partial charge is 0.150 e. The molecule has 1 aliphatic rings. The van der Waals surface area contributed by atoms with Crippen molar-refractivity contribution in [2.24, 2.45) is 11.7 Å². The highest BCUT2D eigenvalue weighted by Crippen LogP contribution is 2.36. The quantitative estimate of drug-likeness (QED) is 0.902. The highest BCUT2D eigenvalue weighted by atomic mass is 35.5. The molecule has 0 aromatic carbocycles. The van der Waals surface area contributed by atoms with E-state index in [1.807, 2.05) is 13.0 Å². The van der Waals surface area contributed by atoms with Gasteiger partial charge in [-0.15, -0.1) is 11.3 Å². The van der Waals surface area contributed by atoms with Gasteiger partial charge in [0.2, 0.25) is 0 Å². The first-order chi connectivity index (χ1) is 7.39. The van der Waals surface area contributed by atoms with Gasteiger partial charge >= 0.3 is 0 Å². The molecule has 3 nitrogen and oxygen atoms in total. The number of rotatable bonds is 2. The van der Waals surface area contributed by atoms with Crippen LogP contribution < -0.4 is 5.73 Å². The van der Waals surface area contributed by atoms with Crippen molar-refractivity contribution in [3.8, 4) is 0 Å². The summed E-state index contributed by atoms with van der Waals surface area (Å²) < 4.78 is 23.5. The number of halogens is 1. The number of nitrogens with two attached hydrogens (primary N) is 1. The zero-order valence-electron chi connectivity index (χ0n) is 8.94. The molecule has 2 heterocycles. The maximum atomic E-state index is 11.4. The number of thiophene rings is 1. The van der Waals surface area contributed by atoms with Crippen LogP contribution >= 0.6 is 22.9 Å². The molecule has 0 spiro atoms. The lowest BCUT2D eigenvalue weighted by Crippen LogP contribution is -2.21. The van der Waals surface area contributed by atoms with Crippen LogP contribution in [-0.2, 0) is 9.84 Å². The maximum absolute atomic E-state index is 11.4. The Hall–Kier alpha value is -0.100. The summed E-state index contributed by atoms with van der Waals surface area (Å²) in [5.74, 6) is 0.519. The normalized spacial score (nSPS) is 25.8. The number of hydrogen-bond acceptors (Lipinski definition) is 4. The summed E-state index contributed by atoms with van der Waals surface area (Å²) in [4.78, 5) is 0.990. The lowest BCUT2D eigenvalue weighted by Gasteiger charge is -2.15. The van der Waals surface area contributed by atoms with E-state index in [0.29, 0.717) is 6.42 Å². The van der Waals surface area contributed by atoms with Crippen LogP contribution in [0.15, 0.2) is 6.07 Å². The van der Waals surface area contributed by atoms with Gasteiger partial charge in [-0.05, 0) is 30.9 Å². The van der Waals surface area contributed by atoms with E-state index in [2.05, 4.69) is 0 Å². The zero-order chi connectivity index (χ0) is 11.9. The third kappa shape index (κ3) is 2.42. The Bertz CT molecular complexity index is 475. The van der Waals surface area contributed by atoms with Gasteiger partial charge in [0.25, 0.3) is 0 Å². The Balaban J connectivity index is 2.17. The molecule has 6 heteroatoms. The first-order valence-electron chi connectivity index (χ1n) is 5.11. The molecule has 2 rings (SSSR count). The van der Waals surface area contributed by atoms with Gasteiger partial charge in [0, 0.05) is 10.9 Å². The zero-order valence-corrected chi connectivity index (χ0v) is 11.3. The van der Waals surface area contributed by atoms with E-state index in [1.165, 1.54) is 11.3 Å². The Labute approximate surface area is 105 Å². The summed E-state index contributed by atoms with van der Waals surface area (Å²) in [5, 5.41) is 0. The predicted molar refractivity (Wildman–Crippen MR) is 67.8 cm³/mol. The van der Waals surface area contributed by atoms with E-state index in [0.717, 1.165) is 14.8 Å². The largest absolute Gasteiger partial charge is 0.323 e. The third-order valence-corrected chi connectivity index (χ3v) is 6.43. The minimum Gasteiger partial charge on any atom is -0.323 e. The lowest BCUT2D eigenvalue weighted by molar-refractivity contribution is 0.486. The van der Waals surface area contributed by atoms with E-state index in [-0.39, 0.29) is 23.5 Å². The molecule has 1 aliphatic heterocycles. The summed E-state index contributed by atoms with van der Waals surface area (Å²) in [7, 11) is -2.86. The van der Waals surface area contributed by atoms with Gasteiger partial charge in [-0.2, -0.15) is 0 Å². The first-order valence-corrected chi connectivity index (χ1v) is 8.12. The van der Waals surface area contributed by atoms with Crippen molar-refractivity contribution in [2.45, 2.75) is 19.4 Å². The minimum absolute atomic E-state index is 0.0408. The molecule has 0 aliphatic carbocycles. The maximum Gasteiger partial charge on any atom is 0.150 e. The molecule has 0 amide bonds. The molecule has 0 radical (unpaired) electrons. The average Bonchev–Trinajstić information content (AvgIpc) is 2.70. The van der Waals surface area contributed by atoms with Gasteiger partial charge in [0.1, 0.15) is 0 Å². The van der Waals surface area contributed by atoms with Gasteiger partial charge in [0.05, 0.1) is 15.8 Å². The molecule has 1 aromatic heterocycles. The lowest BCUT2D eigenvalue weighted by atomic mass is 9.98. The van der Waals surface area contributed by atoms with Crippen LogP contribution in [0, 0.1) is 12.8 Å². The highest BCUT2D eigenvalue weighted by Gasteiger charge is 2.33. The first kappa shape index (κ1) is 12.4. The molecule has 2 unspecified atom stereocenters. The number of aryl methyl sites for hydroxylation is 1. The Morgan fingerprint density at radius 2 is 2.31 bits per heavy atom. The van der Waals surface area contributed by atoms with Crippen LogP contribution in [-0.4, -0.2) is 19.9 Å². The second kappa shape index (κ2) is 4.29. The standard InChI is InChI=1S/C10H14ClNO2S2/c1-6-4-8(15-10(6)11)9(12)7-2-3-16(13,14)5-7/h4,7,9H,2-3,5,12H2,1H3. The number of sulfone groups is 1. The molecule has 2 N–H and O–H groups in total. The summed E-state index contributed by atoms with van der Waals surface area (Å²) in [5.41, 5.74) is 7.10. The van der Waals surface area contributed by atoms with Crippen molar-refractivity contribution in [2.75, 3.05) is 11.5 Å². The molecule has 1 fully saturated rings. The van der Waals surface area contributed by atoms with Crippen molar-refractivity contribution >= 4 is 32.8 Å². The second-order valence-corrected chi connectivity index (χ2v) is 8.21. The van der Waals surface area contributed by atoms with Crippen LogP contribution in [0.2, 0.25) is 4.34 Å². The van der Waals surface area contributed by atoms with Gasteiger partial charge in [-0.25, -0.2) is 8.42 Å². The summed E-state index contributed by atoms with van der Waals surface area (Å²) >= 11 is 7.44. The highest BCUT2D eigenvalue weighted by molar-refractivity contribution is 7.91. The fourth-order valence-electron chi connectivity index (χ4n) is 1.99. The van der Waals surface area contributed by atoms with Crippen LogP contribution in [0.1, 0.15) is 22.9 Å². The van der Waals surface area contributed by atoms with E-state index in [4.69, 9.17) is 17.3 Å². The van der Waals surface area contributed by atoms with E-state index < -0.39 is 9.84 Å². The molecule has 1 saturated heterocycles. The van der Waals surface area contributed by atoms with Crippen molar-refractivity contribution in [3.05, 3.63) is 20.8 Å². The van der Waals surface area contributed by atoms with E-state index in [1.54, 1.807) is 0 Å². The molecule has 2 atom stereocenters. The average molecular weight is 280 g/mol. The molecular weight excluding hydrogens is 266 g/mol. The third-order valence-electron chi connectivity index (χ3n) is 2.98. The Morgan fingerprint density at radius 1 is 1.62 bits per heavy atom. The van der Waals surface area contributed by atoms with Crippen LogP contribution in [0.4, 0.5) is 0 Å². The van der Waals surface area contributed by atoms with Gasteiger partial charge < -0.3 is 5.73 Å². The van der Waals surface area contributed by atoms with Crippen LogP contribution in [0.25, 0.3) is 0 Å². The molecular formula is C10H14ClNO2S2. The summed E-state index contributed by atoms with van der Waals surface area (Å²) in [6.07, 6.45) is 0.665. The van der Waals surface area contributed by atoms with E-state index >= 15 is 0 Å². The van der Waals surface area contributed by atoms with Crippen molar-refractivity contribution in [3.63, 3.8) is 0 Å². The second-order valence-electron chi connectivity index (χ2n) is 4.29. The SMILES string of the molecule is Cc1cc(C(N)C2CCS(=O)(=O)C2)sc1Cl.